The first kappa shape index (κ1) is 17.5. The van der Waals surface area contributed by atoms with Gasteiger partial charge in [-0.15, -0.1) is 0 Å². The van der Waals surface area contributed by atoms with Crippen LogP contribution in [0.25, 0.3) is 5.57 Å². The first-order valence-corrected chi connectivity index (χ1v) is 8.84. The SMILES string of the molecule is O=C1C[C@@H](N2CC=C(c3ccc(F)cc3)CC2)C(=O)N1c1ccc(F)cc1. The molecule has 27 heavy (non-hydrogen) atoms. The average Bonchev–Trinajstić information content (AvgIpc) is 2.98. The van der Waals surface area contributed by atoms with E-state index >= 15 is 0 Å². The molecule has 2 aliphatic heterocycles. The van der Waals surface area contributed by atoms with E-state index in [4.69, 9.17) is 0 Å². The Morgan fingerprint density at radius 2 is 1.52 bits per heavy atom. The number of nitrogens with zero attached hydrogens (tertiary/aromatic N) is 2. The van der Waals surface area contributed by atoms with E-state index in [1.165, 1.54) is 36.4 Å². The van der Waals surface area contributed by atoms with Gasteiger partial charge in [-0.25, -0.2) is 13.7 Å². The van der Waals surface area contributed by atoms with Crippen LogP contribution in [0.1, 0.15) is 18.4 Å². The fourth-order valence-electron chi connectivity index (χ4n) is 3.66. The van der Waals surface area contributed by atoms with Gasteiger partial charge in [0.15, 0.2) is 0 Å². The number of imide groups is 1. The molecule has 2 aliphatic rings. The predicted molar refractivity (Wildman–Crippen MR) is 97.9 cm³/mol. The Hall–Kier alpha value is -2.86. The summed E-state index contributed by atoms with van der Waals surface area (Å²) in [5, 5.41) is 0. The molecule has 2 amide bonds. The molecular formula is C21H18F2N2O2. The zero-order valence-corrected chi connectivity index (χ0v) is 14.6. The number of anilines is 1. The van der Waals surface area contributed by atoms with E-state index in [1.807, 2.05) is 11.0 Å². The summed E-state index contributed by atoms with van der Waals surface area (Å²) >= 11 is 0. The maximum Gasteiger partial charge on any atom is 0.251 e. The first-order valence-electron chi connectivity index (χ1n) is 8.84. The number of amides is 2. The van der Waals surface area contributed by atoms with Gasteiger partial charge in [0.1, 0.15) is 11.6 Å². The van der Waals surface area contributed by atoms with Crippen LogP contribution in [0.2, 0.25) is 0 Å². The van der Waals surface area contributed by atoms with Gasteiger partial charge in [0.05, 0.1) is 18.2 Å². The van der Waals surface area contributed by atoms with Crippen molar-refractivity contribution in [3.63, 3.8) is 0 Å². The molecular weight excluding hydrogens is 350 g/mol. The number of rotatable bonds is 3. The van der Waals surface area contributed by atoms with Crippen molar-refractivity contribution in [2.24, 2.45) is 0 Å². The Morgan fingerprint density at radius 1 is 0.889 bits per heavy atom. The Kier molecular flexibility index (Phi) is 4.58. The van der Waals surface area contributed by atoms with E-state index in [0.717, 1.165) is 22.5 Å². The molecule has 0 radical (unpaired) electrons. The molecule has 4 nitrogen and oxygen atoms in total. The third-order valence-corrected chi connectivity index (χ3v) is 5.10. The van der Waals surface area contributed by atoms with Crippen molar-refractivity contribution in [3.05, 3.63) is 71.8 Å². The van der Waals surface area contributed by atoms with Crippen LogP contribution in [0.4, 0.5) is 14.5 Å². The predicted octanol–water partition coefficient (Wildman–Crippen LogP) is 3.39. The van der Waals surface area contributed by atoms with Crippen LogP contribution in [0.5, 0.6) is 0 Å². The number of carbonyl (C=O) groups excluding carboxylic acids is 2. The van der Waals surface area contributed by atoms with Crippen molar-refractivity contribution < 1.29 is 18.4 Å². The molecule has 0 N–H and O–H groups in total. The summed E-state index contributed by atoms with van der Waals surface area (Å²) in [6.07, 6.45) is 2.87. The zero-order chi connectivity index (χ0) is 19.0. The second-order valence-corrected chi connectivity index (χ2v) is 6.74. The molecule has 138 valence electrons. The topological polar surface area (TPSA) is 40.6 Å². The van der Waals surface area contributed by atoms with E-state index in [9.17, 15) is 18.4 Å². The average molecular weight is 368 g/mol. The van der Waals surface area contributed by atoms with Crippen molar-refractivity contribution in [2.45, 2.75) is 18.9 Å². The summed E-state index contributed by atoms with van der Waals surface area (Å²) in [4.78, 5) is 28.3. The van der Waals surface area contributed by atoms with E-state index in [1.54, 1.807) is 12.1 Å². The molecule has 0 saturated carbocycles. The molecule has 1 atom stereocenters. The Balaban J connectivity index is 1.48. The first-order chi connectivity index (χ1) is 13.0. The number of benzene rings is 2. The van der Waals surface area contributed by atoms with E-state index < -0.39 is 11.9 Å². The molecule has 1 saturated heterocycles. The molecule has 0 spiro atoms. The third kappa shape index (κ3) is 3.40. The maximum atomic E-state index is 13.1. The lowest BCUT2D eigenvalue weighted by Gasteiger charge is -2.30. The van der Waals surface area contributed by atoms with Crippen LogP contribution in [0.15, 0.2) is 54.6 Å². The summed E-state index contributed by atoms with van der Waals surface area (Å²) in [5.41, 5.74) is 2.48. The van der Waals surface area contributed by atoms with Crippen LogP contribution in [0, 0.1) is 11.6 Å². The lowest BCUT2D eigenvalue weighted by molar-refractivity contribution is -0.122. The van der Waals surface area contributed by atoms with E-state index in [0.29, 0.717) is 18.8 Å². The number of halogens is 2. The summed E-state index contributed by atoms with van der Waals surface area (Å²) in [6, 6.07) is 11.2. The lowest BCUT2D eigenvalue weighted by atomic mass is 9.98. The fourth-order valence-corrected chi connectivity index (χ4v) is 3.66. The minimum atomic E-state index is -0.506. The normalized spacial score (nSPS) is 20.9. The molecule has 0 aromatic heterocycles. The Bertz CT molecular complexity index is 907. The number of hydrogen-bond donors (Lipinski definition) is 0. The van der Waals surface area contributed by atoms with E-state index in [2.05, 4.69) is 0 Å². The Morgan fingerprint density at radius 3 is 2.11 bits per heavy atom. The lowest BCUT2D eigenvalue weighted by Crippen LogP contribution is -2.44. The Labute approximate surface area is 155 Å². The smallest absolute Gasteiger partial charge is 0.251 e. The summed E-state index contributed by atoms with van der Waals surface area (Å²) < 4.78 is 26.2. The highest BCUT2D eigenvalue weighted by molar-refractivity contribution is 6.22. The monoisotopic (exact) mass is 368 g/mol. The van der Waals surface area contributed by atoms with Crippen molar-refractivity contribution in [3.8, 4) is 0 Å². The highest BCUT2D eigenvalue weighted by Crippen LogP contribution is 2.29. The molecule has 0 bridgehead atoms. The van der Waals surface area contributed by atoms with Gasteiger partial charge in [-0.05, 0) is 54.0 Å². The van der Waals surface area contributed by atoms with Crippen LogP contribution < -0.4 is 4.90 Å². The largest absolute Gasteiger partial charge is 0.287 e. The van der Waals surface area contributed by atoms with Gasteiger partial charge in [0.2, 0.25) is 5.91 Å². The van der Waals surface area contributed by atoms with Crippen molar-refractivity contribution in [1.29, 1.82) is 0 Å². The van der Waals surface area contributed by atoms with Gasteiger partial charge in [-0.2, -0.15) is 0 Å². The summed E-state index contributed by atoms with van der Waals surface area (Å²) in [5.74, 6) is -1.23. The highest BCUT2D eigenvalue weighted by atomic mass is 19.1. The fraction of sp³-hybridized carbons (Fsp3) is 0.238. The molecule has 2 heterocycles. The quantitative estimate of drug-likeness (QED) is 0.780. The molecule has 1 fully saturated rings. The van der Waals surface area contributed by atoms with Crippen molar-refractivity contribution >= 4 is 23.1 Å². The third-order valence-electron chi connectivity index (χ3n) is 5.10. The van der Waals surface area contributed by atoms with Gasteiger partial charge < -0.3 is 0 Å². The number of hydrogen-bond acceptors (Lipinski definition) is 3. The van der Waals surface area contributed by atoms with E-state index in [-0.39, 0.29) is 24.1 Å². The standard InChI is InChI=1S/C21H18F2N2O2/c22-16-3-1-14(2-4-16)15-9-11-24(12-10-15)19-13-20(26)25(21(19)27)18-7-5-17(23)6-8-18/h1-9,19H,10-13H2/t19-/m1/s1. The maximum absolute atomic E-state index is 13.1. The minimum absolute atomic E-state index is 0.121. The van der Waals surface area contributed by atoms with Gasteiger partial charge in [0.25, 0.3) is 5.91 Å². The second-order valence-electron chi connectivity index (χ2n) is 6.74. The highest BCUT2D eigenvalue weighted by Gasteiger charge is 2.42. The zero-order valence-electron chi connectivity index (χ0n) is 14.6. The van der Waals surface area contributed by atoms with Crippen molar-refractivity contribution in [2.75, 3.05) is 18.0 Å². The van der Waals surface area contributed by atoms with Crippen LogP contribution in [-0.4, -0.2) is 35.8 Å². The second kappa shape index (κ2) is 7.04. The van der Waals surface area contributed by atoms with Gasteiger partial charge in [-0.1, -0.05) is 18.2 Å². The molecule has 0 aliphatic carbocycles. The van der Waals surface area contributed by atoms with Gasteiger partial charge in [-0.3, -0.25) is 14.5 Å². The summed E-state index contributed by atoms with van der Waals surface area (Å²) in [6.45, 7) is 1.19. The van der Waals surface area contributed by atoms with Gasteiger partial charge in [0, 0.05) is 13.1 Å². The summed E-state index contributed by atoms with van der Waals surface area (Å²) in [7, 11) is 0. The van der Waals surface area contributed by atoms with Gasteiger partial charge >= 0.3 is 0 Å². The van der Waals surface area contributed by atoms with Crippen molar-refractivity contribution in [1.82, 2.24) is 4.90 Å². The van der Waals surface area contributed by atoms with Crippen LogP contribution >= 0.6 is 0 Å². The molecule has 6 heteroatoms. The van der Waals surface area contributed by atoms with Crippen LogP contribution in [-0.2, 0) is 9.59 Å². The molecule has 0 unspecified atom stereocenters. The minimum Gasteiger partial charge on any atom is -0.287 e. The number of carbonyl (C=O) groups is 2. The van der Waals surface area contributed by atoms with Crippen LogP contribution in [0.3, 0.4) is 0 Å². The molecule has 4 rings (SSSR count). The molecule has 2 aromatic rings. The molecule has 2 aromatic carbocycles.